The first kappa shape index (κ1) is 7.84. The zero-order valence-corrected chi connectivity index (χ0v) is 4.61. The van der Waals surface area contributed by atoms with Crippen molar-refractivity contribution >= 4 is 0 Å². The summed E-state index contributed by atoms with van der Waals surface area (Å²) < 4.78 is 4.41. The molecule has 0 heterocycles. The summed E-state index contributed by atoms with van der Waals surface area (Å²) >= 11 is 0. The van der Waals surface area contributed by atoms with Crippen molar-refractivity contribution < 1.29 is 20.1 Å². The Morgan fingerprint density at radius 3 is 2.00 bits per heavy atom. The molecule has 8 heavy (non-hydrogen) atoms. The van der Waals surface area contributed by atoms with Crippen molar-refractivity contribution in [1.82, 2.24) is 0 Å². The molecule has 0 aromatic rings. The third kappa shape index (κ3) is 2.23. The van der Waals surface area contributed by atoms with Gasteiger partial charge < -0.3 is 20.1 Å². The fraction of sp³-hybridized carbons (Fsp3) is 1.00. The number of ether oxygens (including phenoxy) is 1. The van der Waals surface area contributed by atoms with Crippen LogP contribution in [0, 0.1) is 0 Å². The molecule has 0 aliphatic heterocycles. The molecule has 0 saturated carbocycles. The fourth-order valence-electron chi connectivity index (χ4n) is 0.291. The molecule has 1 atom stereocenters. The Labute approximate surface area is 47.3 Å². The number of rotatable bonds is 3. The van der Waals surface area contributed by atoms with E-state index in [2.05, 4.69) is 4.74 Å². The zero-order valence-electron chi connectivity index (χ0n) is 4.61. The maximum Gasteiger partial charge on any atom is 0.180 e. The van der Waals surface area contributed by atoms with Crippen molar-refractivity contribution in [3.63, 3.8) is 0 Å². The first-order valence-corrected chi connectivity index (χ1v) is 2.22. The third-order valence-corrected chi connectivity index (χ3v) is 0.815. The van der Waals surface area contributed by atoms with Gasteiger partial charge in [-0.25, -0.2) is 0 Å². The van der Waals surface area contributed by atoms with E-state index in [1.165, 1.54) is 7.11 Å². The van der Waals surface area contributed by atoms with Gasteiger partial charge in [0.05, 0.1) is 6.61 Å². The lowest BCUT2D eigenvalue weighted by atomic mass is 10.4. The van der Waals surface area contributed by atoms with Crippen LogP contribution in [0.2, 0.25) is 0 Å². The summed E-state index contributed by atoms with van der Waals surface area (Å²) in [5.41, 5.74) is 0. The molecule has 0 rings (SSSR count). The van der Waals surface area contributed by atoms with Crippen molar-refractivity contribution in [3.8, 4) is 0 Å². The second-order valence-electron chi connectivity index (χ2n) is 1.37. The van der Waals surface area contributed by atoms with Gasteiger partial charge in [-0.1, -0.05) is 0 Å². The number of hydrogen-bond donors (Lipinski definition) is 3. The van der Waals surface area contributed by atoms with Gasteiger partial charge in [0.15, 0.2) is 6.29 Å². The van der Waals surface area contributed by atoms with Gasteiger partial charge in [-0.3, -0.25) is 0 Å². The molecule has 0 aliphatic rings. The van der Waals surface area contributed by atoms with Crippen LogP contribution in [-0.2, 0) is 4.74 Å². The van der Waals surface area contributed by atoms with Crippen LogP contribution >= 0.6 is 0 Å². The summed E-state index contributed by atoms with van der Waals surface area (Å²) in [5.74, 6) is 0. The van der Waals surface area contributed by atoms with Crippen LogP contribution in [0.25, 0.3) is 0 Å². The average Bonchev–Trinajstić information content (AvgIpc) is 1.69. The van der Waals surface area contributed by atoms with Crippen LogP contribution in [0.5, 0.6) is 0 Å². The summed E-state index contributed by atoms with van der Waals surface area (Å²) in [6, 6.07) is 0. The van der Waals surface area contributed by atoms with E-state index in [0.717, 1.165) is 0 Å². The van der Waals surface area contributed by atoms with Crippen LogP contribution in [0.15, 0.2) is 0 Å². The Morgan fingerprint density at radius 2 is 2.00 bits per heavy atom. The molecule has 0 spiro atoms. The monoisotopic (exact) mass is 122 g/mol. The van der Waals surface area contributed by atoms with Gasteiger partial charge in [-0.15, -0.1) is 0 Å². The number of aliphatic hydroxyl groups excluding tert-OH is 2. The lowest BCUT2D eigenvalue weighted by molar-refractivity contribution is -0.147. The van der Waals surface area contributed by atoms with Crippen LogP contribution < -0.4 is 0 Å². The normalized spacial score (nSPS) is 14.6. The molecule has 0 saturated heterocycles. The molecule has 4 nitrogen and oxygen atoms in total. The molecular weight excluding hydrogens is 112 g/mol. The van der Waals surface area contributed by atoms with Gasteiger partial charge in [0.1, 0.15) is 6.10 Å². The second kappa shape index (κ2) is 3.80. The fourth-order valence-corrected chi connectivity index (χ4v) is 0.291. The van der Waals surface area contributed by atoms with Gasteiger partial charge in [0.2, 0.25) is 0 Å². The molecule has 0 aromatic heterocycles. The van der Waals surface area contributed by atoms with Gasteiger partial charge in [-0.05, 0) is 0 Å². The Bertz CT molecular complexity index is 50.0. The van der Waals surface area contributed by atoms with Gasteiger partial charge >= 0.3 is 0 Å². The molecule has 0 aromatic carbocycles. The van der Waals surface area contributed by atoms with Crippen LogP contribution in [0.1, 0.15) is 0 Å². The van der Waals surface area contributed by atoms with Gasteiger partial charge in [-0.2, -0.15) is 0 Å². The van der Waals surface area contributed by atoms with Gasteiger partial charge in [0, 0.05) is 7.11 Å². The Kier molecular flexibility index (Phi) is 3.72. The van der Waals surface area contributed by atoms with E-state index in [-0.39, 0.29) is 6.61 Å². The lowest BCUT2D eigenvalue weighted by Gasteiger charge is -2.12. The first-order chi connectivity index (χ1) is 3.72. The minimum Gasteiger partial charge on any atom is -0.393 e. The molecule has 4 heteroatoms. The first-order valence-electron chi connectivity index (χ1n) is 2.22. The van der Waals surface area contributed by atoms with E-state index in [4.69, 9.17) is 15.3 Å². The molecule has 3 N–H and O–H groups in total. The Morgan fingerprint density at radius 1 is 1.50 bits per heavy atom. The maximum absolute atomic E-state index is 8.28. The van der Waals surface area contributed by atoms with E-state index < -0.39 is 12.4 Å². The molecule has 50 valence electrons. The smallest absolute Gasteiger partial charge is 0.180 e. The Balaban J connectivity index is 3.35. The summed E-state index contributed by atoms with van der Waals surface area (Å²) in [6.07, 6.45) is -2.47. The molecule has 0 radical (unpaired) electrons. The largest absolute Gasteiger partial charge is 0.393 e. The minimum atomic E-state index is -1.59. The van der Waals surface area contributed by atoms with Gasteiger partial charge in [0.25, 0.3) is 0 Å². The summed E-state index contributed by atoms with van der Waals surface area (Å²) in [4.78, 5) is 0. The molecule has 0 aliphatic carbocycles. The predicted octanol–water partition coefficient (Wildman–Crippen LogP) is -1.70. The highest BCUT2D eigenvalue weighted by molar-refractivity contribution is 4.53. The molecule has 0 bridgehead atoms. The predicted molar refractivity (Wildman–Crippen MR) is 26.1 cm³/mol. The SMILES string of the molecule is COC(CO)C(O)O. The highest BCUT2D eigenvalue weighted by atomic mass is 16.6. The molecule has 0 amide bonds. The van der Waals surface area contributed by atoms with Crippen molar-refractivity contribution in [3.05, 3.63) is 0 Å². The zero-order chi connectivity index (χ0) is 6.57. The molecule has 0 fully saturated rings. The number of methoxy groups -OCH3 is 1. The summed E-state index contributed by atoms with van der Waals surface area (Å²) in [5, 5.41) is 24.8. The second-order valence-corrected chi connectivity index (χ2v) is 1.37. The van der Waals surface area contributed by atoms with E-state index >= 15 is 0 Å². The standard InChI is InChI=1S/C4H10O4/c1-8-3(2-5)4(6)7/h3-7H,2H2,1H3. The maximum atomic E-state index is 8.28. The lowest BCUT2D eigenvalue weighted by Crippen LogP contribution is -2.30. The van der Waals surface area contributed by atoms with Crippen molar-refractivity contribution in [1.29, 1.82) is 0 Å². The van der Waals surface area contributed by atoms with Crippen LogP contribution in [0.4, 0.5) is 0 Å². The van der Waals surface area contributed by atoms with Crippen molar-refractivity contribution in [2.75, 3.05) is 13.7 Å². The summed E-state index contributed by atoms with van der Waals surface area (Å²) in [7, 11) is 1.29. The topological polar surface area (TPSA) is 69.9 Å². The highest BCUT2D eigenvalue weighted by Gasteiger charge is 2.12. The van der Waals surface area contributed by atoms with Crippen molar-refractivity contribution in [2.45, 2.75) is 12.4 Å². The van der Waals surface area contributed by atoms with E-state index in [0.29, 0.717) is 0 Å². The highest BCUT2D eigenvalue weighted by Crippen LogP contribution is 1.91. The number of hydrogen-bond acceptors (Lipinski definition) is 4. The van der Waals surface area contributed by atoms with E-state index in [9.17, 15) is 0 Å². The quantitative estimate of drug-likeness (QED) is 0.390. The number of aliphatic hydroxyl groups is 3. The summed E-state index contributed by atoms with van der Waals surface area (Å²) in [6.45, 7) is -0.381. The van der Waals surface area contributed by atoms with E-state index in [1.807, 2.05) is 0 Å². The molecular formula is C4H10O4. The van der Waals surface area contributed by atoms with Crippen molar-refractivity contribution in [2.24, 2.45) is 0 Å². The average molecular weight is 122 g/mol. The Hall–Kier alpha value is -0.160. The molecule has 1 unspecified atom stereocenters. The van der Waals surface area contributed by atoms with E-state index in [1.54, 1.807) is 0 Å². The minimum absolute atomic E-state index is 0.381. The van der Waals surface area contributed by atoms with Crippen LogP contribution in [0.3, 0.4) is 0 Å². The third-order valence-electron chi connectivity index (χ3n) is 0.815. The van der Waals surface area contributed by atoms with Crippen LogP contribution in [-0.4, -0.2) is 41.4 Å².